The lowest BCUT2D eigenvalue weighted by Gasteiger charge is -2.28. The van der Waals surface area contributed by atoms with Crippen LogP contribution < -0.4 is 9.04 Å². The van der Waals surface area contributed by atoms with Crippen LogP contribution >= 0.6 is 11.6 Å². The molecule has 1 N–H and O–H groups in total. The van der Waals surface area contributed by atoms with Crippen molar-refractivity contribution in [2.24, 2.45) is 0 Å². The van der Waals surface area contributed by atoms with Gasteiger partial charge >= 0.3 is 0 Å². The van der Waals surface area contributed by atoms with E-state index in [4.69, 9.17) is 16.3 Å². The SMILES string of the molecule is COc1ccc(Cl)cc1S(=O)(=O)N(CC(O)Cn1c2ccccc2c2ccccc21)c1ccccc1. The van der Waals surface area contributed by atoms with Crippen molar-refractivity contribution in [1.29, 1.82) is 0 Å². The lowest BCUT2D eigenvalue weighted by atomic mass is 10.2. The molecule has 0 spiro atoms. The van der Waals surface area contributed by atoms with Crippen molar-refractivity contribution in [2.75, 3.05) is 18.0 Å². The first-order valence-electron chi connectivity index (χ1n) is 11.5. The fourth-order valence-corrected chi connectivity index (χ4v) is 6.49. The zero-order valence-corrected chi connectivity index (χ0v) is 21.2. The quantitative estimate of drug-likeness (QED) is 0.284. The Bertz CT molecular complexity index is 1580. The molecule has 5 aromatic rings. The fraction of sp³-hybridized carbons (Fsp3) is 0.143. The highest BCUT2D eigenvalue weighted by Crippen LogP contribution is 2.33. The molecule has 0 bridgehead atoms. The van der Waals surface area contributed by atoms with Crippen LogP contribution in [0.2, 0.25) is 5.02 Å². The van der Waals surface area contributed by atoms with Crippen LogP contribution in [0.3, 0.4) is 0 Å². The van der Waals surface area contributed by atoms with Gasteiger partial charge in [0.1, 0.15) is 10.6 Å². The van der Waals surface area contributed by atoms with Crippen LogP contribution in [0.15, 0.2) is 102 Å². The lowest BCUT2D eigenvalue weighted by Crippen LogP contribution is -2.39. The summed E-state index contributed by atoms with van der Waals surface area (Å²) in [7, 11) is -2.71. The first-order valence-corrected chi connectivity index (χ1v) is 13.3. The summed E-state index contributed by atoms with van der Waals surface area (Å²) in [6.07, 6.45) is -1.01. The summed E-state index contributed by atoms with van der Waals surface area (Å²) >= 11 is 6.15. The van der Waals surface area contributed by atoms with E-state index in [2.05, 4.69) is 0 Å². The molecule has 1 unspecified atom stereocenters. The van der Waals surface area contributed by atoms with E-state index in [0.29, 0.717) is 5.69 Å². The van der Waals surface area contributed by atoms with Gasteiger partial charge in [-0.15, -0.1) is 0 Å². The van der Waals surface area contributed by atoms with E-state index in [9.17, 15) is 13.5 Å². The van der Waals surface area contributed by atoms with Crippen LogP contribution in [0.1, 0.15) is 0 Å². The number of aliphatic hydroxyl groups is 1. The smallest absolute Gasteiger partial charge is 0.268 e. The predicted molar refractivity (Wildman–Crippen MR) is 144 cm³/mol. The number of para-hydroxylation sites is 3. The third-order valence-corrected chi connectivity index (χ3v) is 8.24. The van der Waals surface area contributed by atoms with E-state index in [1.807, 2.05) is 59.2 Å². The number of hydrogen-bond acceptors (Lipinski definition) is 4. The summed E-state index contributed by atoms with van der Waals surface area (Å²) in [6.45, 7) is 0.0441. The van der Waals surface area contributed by atoms with E-state index in [0.717, 1.165) is 21.8 Å². The van der Waals surface area contributed by atoms with Gasteiger partial charge in [-0.3, -0.25) is 4.31 Å². The van der Waals surface area contributed by atoms with Crippen LogP contribution in [0.25, 0.3) is 21.8 Å². The van der Waals surface area contributed by atoms with Gasteiger partial charge in [0.15, 0.2) is 0 Å². The molecule has 0 aliphatic heterocycles. The monoisotopic (exact) mass is 520 g/mol. The summed E-state index contributed by atoms with van der Waals surface area (Å²) in [5.74, 6) is 0.178. The highest BCUT2D eigenvalue weighted by Gasteiger charge is 2.30. The van der Waals surface area contributed by atoms with Gasteiger partial charge in [-0.05, 0) is 42.5 Å². The normalized spacial score (nSPS) is 12.6. The van der Waals surface area contributed by atoms with E-state index in [1.54, 1.807) is 30.3 Å². The molecule has 0 saturated heterocycles. The second-order valence-electron chi connectivity index (χ2n) is 8.47. The molecule has 8 heteroatoms. The molecule has 0 aliphatic rings. The molecule has 184 valence electrons. The molecule has 36 heavy (non-hydrogen) atoms. The van der Waals surface area contributed by atoms with Gasteiger partial charge in [-0.25, -0.2) is 8.42 Å². The Balaban J connectivity index is 1.55. The Hall–Kier alpha value is -3.52. The van der Waals surface area contributed by atoms with Crippen molar-refractivity contribution in [1.82, 2.24) is 4.57 Å². The third kappa shape index (κ3) is 4.41. The summed E-state index contributed by atoms with van der Waals surface area (Å²) in [6, 6.07) is 29.2. The van der Waals surface area contributed by atoms with Gasteiger partial charge in [-0.1, -0.05) is 66.2 Å². The summed E-state index contributed by atoms with van der Waals surface area (Å²) in [5.41, 5.74) is 2.38. The topological polar surface area (TPSA) is 71.8 Å². The predicted octanol–water partition coefficient (Wildman–Crippen LogP) is 5.71. The van der Waals surface area contributed by atoms with Gasteiger partial charge < -0.3 is 14.4 Å². The van der Waals surface area contributed by atoms with Crippen molar-refractivity contribution in [2.45, 2.75) is 17.5 Å². The molecule has 0 saturated carbocycles. The number of hydrogen-bond donors (Lipinski definition) is 1. The number of methoxy groups -OCH3 is 1. The lowest BCUT2D eigenvalue weighted by molar-refractivity contribution is 0.166. The zero-order valence-electron chi connectivity index (χ0n) is 19.6. The maximum Gasteiger partial charge on any atom is 0.268 e. The van der Waals surface area contributed by atoms with Crippen LogP contribution in [0, 0.1) is 0 Å². The molecule has 0 amide bonds. The van der Waals surface area contributed by atoms with Gasteiger partial charge in [0.25, 0.3) is 10.0 Å². The highest BCUT2D eigenvalue weighted by atomic mass is 35.5. The largest absolute Gasteiger partial charge is 0.495 e. The number of fused-ring (bicyclic) bond motifs is 3. The van der Waals surface area contributed by atoms with Gasteiger partial charge in [0, 0.05) is 26.8 Å². The molecular formula is C28H25ClN2O4S. The molecule has 1 heterocycles. The number of rotatable bonds is 8. The molecule has 0 aliphatic carbocycles. The van der Waals surface area contributed by atoms with Gasteiger partial charge in [0.2, 0.25) is 0 Å². The molecule has 1 atom stereocenters. The van der Waals surface area contributed by atoms with Gasteiger partial charge in [-0.2, -0.15) is 0 Å². The first-order chi connectivity index (χ1) is 17.4. The van der Waals surface area contributed by atoms with Crippen molar-refractivity contribution < 1.29 is 18.3 Å². The summed E-state index contributed by atoms with van der Waals surface area (Å²) in [5, 5.41) is 13.7. The average Bonchev–Trinajstić information content (AvgIpc) is 3.21. The number of halogens is 1. The molecular weight excluding hydrogens is 496 g/mol. The average molecular weight is 521 g/mol. The van der Waals surface area contributed by atoms with Crippen LogP contribution in [-0.2, 0) is 16.6 Å². The maximum atomic E-state index is 13.9. The number of benzene rings is 4. The van der Waals surface area contributed by atoms with Crippen molar-refractivity contribution in [3.8, 4) is 5.75 Å². The Labute approximate surface area is 215 Å². The molecule has 0 radical (unpaired) electrons. The van der Waals surface area contributed by atoms with E-state index >= 15 is 0 Å². The van der Waals surface area contributed by atoms with Crippen molar-refractivity contribution in [3.63, 3.8) is 0 Å². The summed E-state index contributed by atoms with van der Waals surface area (Å²) < 4.78 is 36.4. The van der Waals surface area contributed by atoms with Crippen LogP contribution in [0.5, 0.6) is 5.75 Å². The Kier molecular flexibility index (Phi) is 6.62. The zero-order chi connectivity index (χ0) is 25.3. The number of anilines is 1. The van der Waals surface area contributed by atoms with E-state index in [-0.39, 0.29) is 28.8 Å². The van der Waals surface area contributed by atoms with Crippen molar-refractivity contribution >= 4 is 49.1 Å². The Morgan fingerprint density at radius 2 is 1.47 bits per heavy atom. The Morgan fingerprint density at radius 1 is 0.889 bits per heavy atom. The second-order valence-corrected chi connectivity index (χ2v) is 10.7. The van der Waals surface area contributed by atoms with E-state index in [1.165, 1.54) is 23.5 Å². The molecule has 4 aromatic carbocycles. The Morgan fingerprint density at radius 3 is 2.08 bits per heavy atom. The number of aromatic nitrogens is 1. The minimum Gasteiger partial charge on any atom is -0.495 e. The highest BCUT2D eigenvalue weighted by molar-refractivity contribution is 7.93. The minimum absolute atomic E-state index is 0.0644. The maximum absolute atomic E-state index is 13.9. The third-order valence-electron chi connectivity index (χ3n) is 6.19. The second kappa shape index (κ2) is 9.85. The molecule has 6 nitrogen and oxygen atoms in total. The van der Waals surface area contributed by atoms with E-state index < -0.39 is 16.1 Å². The standard InChI is InChI=1S/C28H25ClN2O4S/c1-35-27-16-15-20(29)17-28(27)36(33,34)31(21-9-3-2-4-10-21)19-22(32)18-30-25-13-7-5-11-23(25)24-12-6-8-14-26(24)30/h2-17,22,32H,18-19H2,1H3. The van der Waals surface area contributed by atoms with Crippen molar-refractivity contribution in [3.05, 3.63) is 102 Å². The fourth-order valence-electron chi connectivity index (χ4n) is 4.57. The van der Waals surface area contributed by atoms with Gasteiger partial charge in [0.05, 0.1) is 32.0 Å². The number of nitrogens with zero attached hydrogens (tertiary/aromatic N) is 2. The molecule has 5 rings (SSSR count). The number of ether oxygens (including phenoxy) is 1. The van der Waals surface area contributed by atoms with Crippen LogP contribution in [0.4, 0.5) is 5.69 Å². The molecule has 1 aromatic heterocycles. The molecule has 0 fully saturated rings. The minimum atomic E-state index is -4.12. The first kappa shape index (κ1) is 24.2. The number of aliphatic hydroxyl groups excluding tert-OH is 1. The van der Waals surface area contributed by atoms with Crippen LogP contribution in [-0.4, -0.2) is 37.8 Å². The number of sulfonamides is 1. The summed E-state index contributed by atoms with van der Waals surface area (Å²) in [4.78, 5) is -0.0644.